The molecule has 0 aromatic heterocycles. The number of aromatic hydroxyl groups is 1. The third kappa shape index (κ3) is 3.08. The maximum absolute atomic E-state index is 12.3. The van der Waals surface area contributed by atoms with Crippen molar-refractivity contribution in [1.29, 1.82) is 0 Å². The fourth-order valence-electron chi connectivity index (χ4n) is 1.96. The first-order valence-electron chi connectivity index (χ1n) is 6.38. The van der Waals surface area contributed by atoms with Crippen LogP contribution in [0.15, 0.2) is 36.4 Å². The number of ether oxygens (including phenoxy) is 2. The largest absolute Gasteiger partial charge is 0.504 e. The number of phenols is 1. The van der Waals surface area contributed by atoms with E-state index in [0.717, 1.165) is 11.3 Å². The Balaban J connectivity index is 2.26. The molecule has 0 aliphatic heterocycles. The van der Waals surface area contributed by atoms with Crippen LogP contribution < -0.4 is 14.8 Å². The summed E-state index contributed by atoms with van der Waals surface area (Å²) in [4.78, 5) is 12.3. The van der Waals surface area contributed by atoms with Gasteiger partial charge in [0, 0.05) is 5.69 Å². The van der Waals surface area contributed by atoms with E-state index in [0.29, 0.717) is 5.69 Å². The molecule has 0 heterocycles. The highest BCUT2D eigenvalue weighted by atomic mass is 16.5. The van der Waals surface area contributed by atoms with Crippen LogP contribution in [0.5, 0.6) is 17.2 Å². The molecule has 2 aromatic rings. The van der Waals surface area contributed by atoms with E-state index in [1.165, 1.54) is 13.2 Å². The molecule has 0 unspecified atom stereocenters. The van der Waals surface area contributed by atoms with E-state index >= 15 is 0 Å². The van der Waals surface area contributed by atoms with Crippen molar-refractivity contribution in [2.24, 2.45) is 0 Å². The maximum atomic E-state index is 12.3. The van der Waals surface area contributed by atoms with Crippen LogP contribution in [0.1, 0.15) is 15.9 Å². The molecule has 0 bridgehead atoms. The monoisotopic (exact) mass is 287 g/mol. The lowest BCUT2D eigenvalue weighted by molar-refractivity contribution is 0.102. The Morgan fingerprint density at radius 2 is 1.90 bits per heavy atom. The number of benzene rings is 2. The van der Waals surface area contributed by atoms with Crippen molar-refractivity contribution in [1.82, 2.24) is 0 Å². The molecular formula is C16H17NO4. The fraction of sp³-hybridized carbons (Fsp3) is 0.188. The van der Waals surface area contributed by atoms with Crippen LogP contribution in [-0.4, -0.2) is 25.2 Å². The van der Waals surface area contributed by atoms with E-state index in [9.17, 15) is 9.90 Å². The van der Waals surface area contributed by atoms with Crippen molar-refractivity contribution < 1.29 is 19.4 Å². The number of carbonyl (C=O) groups excluding carboxylic acids is 1. The third-order valence-electron chi connectivity index (χ3n) is 3.15. The van der Waals surface area contributed by atoms with Crippen LogP contribution in [0.25, 0.3) is 0 Å². The predicted molar refractivity (Wildman–Crippen MR) is 80.3 cm³/mol. The number of amides is 1. The molecular weight excluding hydrogens is 270 g/mol. The summed E-state index contributed by atoms with van der Waals surface area (Å²) in [5, 5.41) is 12.7. The van der Waals surface area contributed by atoms with Crippen molar-refractivity contribution in [2.45, 2.75) is 6.92 Å². The normalized spacial score (nSPS) is 10.0. The Labute approximate surface area is 123 Å². The summed E-state index contributed by atoms with van der Waals surface area (Å²) in [5.74, 6) is 0.396. The average molecular weight is 287 g/mol. The number of hydrogen-bond acceptors (Lipinski definition) is 4. The minimum Gasteiger partial charge on any atom is -0.504 e. The van der Waals surface area contributed by atoms with E-state index in [1.54, 1.807) is 31.4 Å². The Hall–Kier alpha value is -2.69. The summed E-state index contributed by atoms with van der Waals surface area (Å²) in [6, 6.07) is 10.1. The topological polar surface area (TPSA) is 67.8 Å². The number of hydrogen-bond donors (Lipinski definition) is 2. The van der Waals surface area contributed by atoms with Crippen LogP contribution in [-0.2, 0) is 0 Å². The second kappa shape index (κ2) is 6.17. The minimum atomic E-state index is -0.403. The average Bonchev–Trinajstić information content (AvgIpc) is 2.49. The molecule has 0 saturated heterocycles. The zero-order chi connectivity index (χ0) is 15.4. The van der Waals surface area contributed by atoms with Crippen molar-refractivity contribution in [3.8, 4) is 17.2 Å². The van der Waals surface area contributed by atoms with Gasteiger partial charge in [0.25, 0.3) is 5.91 Å². The molecule has 2 N–H and O–H groups in total. The van der Waals surface area contributed by atoms with E-state index in [1.807, 2.05) is 13.0 Å². The van der Waals surface area contributed by atoms with Crippen molar-refractivity contribution >= 4 is 11.6 Å². The summed E-state index contributed by atoms with van der Waals surface area (Å²) >= 11 is 0. The SMILES string of the molecule is COc1ccc(NC(=O)c2cccc(OC)c2O)c(C)c1. The summed E-state index contributed by atoms with van der Waals surface area (Å²) in [5.41, 5.74) is 1.68. The van der Waals surface area contributed by atoms with Crippen molar-refractivity contribution in [3.05, 3.63) is 47.5 Å². The van der Waals surface area contributed by atoms with Gasteiger partial charge in [0.1, 0.15) is 5.75 Å². The number of para-hydroxylation sites is 1. The number of carbonyl (C=O) groups is 1. The number of nitrogens with one attached hydrogen (secondary N) is 1. The Morgan fingerprint density at radius 3 is 2.52 bits per heavy atom. The quantitative estimate of drug-likeness (QED) is 0.907. The van der Waals surface area contributed by atoms with Gasteiger partial charge in [-0.3, -0.25) is 4.79 Å². The Kier molecular flexibility index (Phi) is 4.33. The smallest absolute Gasteiger partial charge is 0.259 e. The first-order valence-corrected chi connectivity index (χ1v) is 6.38. The molecule has 0 saturated carbocycles. The Morgan fingerprint density at radius 1 is 1.14 bits per heavy atom. The molecule has 1 amide bonds. The lowest BCUT2D eigenvalue weighted by atomic mass is 10.1. The van der Waals surface area contributed by atoms with Gasteiger partial charge in [0.2, 0.25) is 0 Å². The van der Waals surface area contributed by atoms with Crippen molar-refractivity contribution in [2.75, 3.05) is 19.5 Å². The minimum absolute atomic E-state index is 0.157. The third-order valence-corrected chi connectivity index (χ3v) is 3.15. The standard InChI is InChI=1S/C16H17NO4/c1-10-9-11(20-2)7-8-13(10)17-16(19)12-5-4-6-14(21-3)15(12)18/h4-9,18H,1-3H3,(H,17,19). The van der Waals surface area contributed by atoms with Crippen LogP contribution in [0.4, 0.5) is 5.69 Å². The molecule has 0 atom stereocenters. The molecule has 0 radical (unpaired) electrons. The molecule has 0 spiro atoms. The first kappa shape index (κ1) is 14.7. The summed E-state index contributed by atoms with van der Waals surface area (Å²) < 4.78 is 10.1. The molecule has 110 valence electrons. The lowest BCUT2D eigenvalue weighted by Crippen LogP contribution is -2.13. The molecule has 0 aliphatic carbocycles. The van der Waals surface area contributed by atoms with Gasteiger partial charge in [-0.25, -0.2) is 0 Å². The second-order valence-corrected chi connectivity index (χ2v) is 4.49. The molecule has 0 fully saturated rings. The molecule has 2 aromatic carbocycles. The highest BCUT2D eigenvalue weighted by molar-refractivity contribution is 6.07. The van der Waals surface area contributed by atoms with Crippen LogP contribution >= 0.6 is 0 Å². The predicted octanol–water partition coefficient (Wildman–Crippen LogP) is 2.97. The maximum Gasteiger partial charge on any atom is 0.259 e. The highest BCUT2D eigenvalue weighted by Gasteiger charge is 2.15. The van der Waals surface area contributed by atoms with Gasteiger partial charge in [-0.2, -0.15) is 0 Å². The molecule has 5 heteroatoms. The number of phenolic OH excluding ortho intramolecular Hbond substituents is 1. The zero-order valence-electron chi connectivity index (χ0n) is 12.1. The lowest BCUT2D eigenvalue weighted by Gasteiger charge is -2.12. The van der Waals surface area contributed by atoms with Gasteiger partial charge in [-0.1, -0.05) is 6.07 Å². The van der Waals surface area contributed by atoms with Gasteiger partial charge in [0.05, 0.1) is 19.8 Å². The molecule has 0 aliphatic rings. The van der Waals surface area contributed by atoms with Gasteiger partial charge in [0.15, 0.2) is 11.5 Å². The number of aryl methyl sites for hydroxylation is 1. The van der Waals surface area contributed by atoms with E-state index in [2.05, 4.69) is 5.32 Å². The van der Waals surface area contributed by atoms with E-state index < -0.39 is 5.91 Å². The van der Waals surface area contributed by atoms with Gasteiger partial charge < -0.3 is 19.9 Å². The highest BCUT2D eigenvalue weighted by Crippen LogP contribution is 2.30. The molecule has 5 nitrogen and oxygen atoms in total. The summed E-state index contributed by atoms with van der Waals surface area (Å²) in [7, 11) is 3.02. The molecule has 21 heavy (non-hydrogen) atoms. The van der Waals surface area contributed by atoms with Crippen LogP contribution in [0.2, 0.25) is 0 Å². The van der Waals surface area contributed by atoms with Gasteiger partial charge in [-0.15, -0.1) is 0 Å². The van der Waals surface area contributed by atoms with Gasteiger partial charge in [-0.05, 0) is 42.8 Å². The zero-order valence-corrected chi connectivity index (χ0v) is 12.1. The number of methoxy groups -OCH3 is 2. The summed E-state index contributed by atoms with van der Waals surface area (Å²) in [6.07, 6.45) is 0. The van der Waals surface area contributed by atoms with Crippen LogP contribution in [0, 0.1) is 6.92 Å². The van der Waals surface area contributed by atoms with E-state index in [4.69, 9.17) is 9.47 Å². The van der Waals surface area contributed by atoms with Crippen molar-refractivity contribution in [3.63, 3.8) is 0 Å². The fourth-order valence-corrected chi connectivity index (χ4v) is 1.96. The van der Waals surface area contributed by atoms with Gasteiger partial charge >= 0.3 is 0 Å². The van der Waals surface area contributed by atoms with E-state index in [-0.39, 0.29) is 17.1 Å². The number of anilines is 1. The second-order valence-electron chi connectivity index (χ2n) is 4.49. The first-order chi connectivity index (χ1) is 10.1. The number of rotatable bonds is 4. The molecule has 2 rings (SSSR count). The Bertz CT molecular complexity index is 667. The summed E-state index contributed by atoms with van der Waals surface area (Å²) in [6.45, 7) is 1.86. The van der Waals surface area contributed by atoms with Crippen LogP contribution in [0.3, 0.4) is 0 Å².